The van der Waals surface area contributed by atoms with E-state index in [-0.39, 0.29) is 71.8 Å². The first-order chi connectivity index (χ1) is 66.4. The second kappa shape index (κ2) is 43.8. The maximum Gasteiger partial charge on any atom is 0.194 e. The quantitative estimate of drug-likeness (QED) is 0.0246. The van der Waals surface area contributed by atoms with Gasteiger partial charge in [-0.2, -0.15) is 15.3 Å². The fraction of sp³-hybridized carbons (Fsp3) is 0.283. The van der Waals surface area contributed by atoms with Crippen molar-refractivity contribution < 1.29 is 97.5 Å². The highest BCUT2D eigenvalue weighted by Gasteiger charge is 2.56. The molecule has 0 radical (unpaired) electrons. The smallest absolute Gasteiger partial charge is 0.194 e. The van der Waals surface area contributed by atoms with E-state index in [0.717, 1.165) is 52.9 Å². The van der Waals surface area contributed by atoms with Crippen LogP contribution in [0.2, 0.25) is 30.1 Å². The average molecular weight is 2090 g/mol. The van der Waals surface area contributed by atoms with Gasteiger partial charge < -0.3 is 58.0 Å². The summed E-state index contributed by atoms with van der Waals surface area (Å²) < 4.78 is 191. The minimum atomic E-state index is -1.62. The Morgan fingerprint density at radius 3 is 1.12 bits per heavy atom. The van der Waals surface area contributed by atoms with Gasteiger partial charge >= 0.3 is 0 Å². The van der Waals surface area contributed by atoms with E-state index in [1.807, 2.05) is 60.7 Å². The van der Waals surface area contributed by atoms with Crippen molar-refractivity contribution in [1.29, 1.82) is 0 Å². The minimum Gasteiger partial charge on any atom is -0.394 e. The van der Waals surface area contributed by atoms with Crippen LogP contribution in [0.5, 0.6) is 0 Å². The Bertz CT molecular complexity index is 6670. The summed E-state index contributed by atoms with van der Waals surface area (Å²) in [7, 11) is 0. The number of halogens is 16. The van der Waals surface area contributed by atoms with E-state index in [1.54, 1.807) is 92.2 Å². The van der Waals surface area contributed by atoms with Crippen LogP contribution in [0.15, 0.2) is 208 Å². The van der Waals surface area contributed by atoms with Crippen LogP contribution in [0, 0.1) is 73.1 Å². The van der Waals surface area contributed by atoms with Crippen molar-refractivity contribution in [2.75, 3.05) is 38.4 Å². The van der Waals surface area contributed by atoms with E-state index in [1.165, 1.54) is 48.1 Å². The van der Waals surface area contributed by atoms with Gasteiger partial charge in [-0.3, -0.25) is 0 Å². The maximum atomic E-state index is 14.2. The van der Waals surface area contributed by atoms with E-state index in [9.17, 15) is 54.8 Å². The van der Waals surface area contributed by atoms with Gasteiger partial charge in [0.2, 0.25) is 0 Å². The van der Waals surface area contributed by atoms with Crippen molar-refractivity contribution in [3.05, 3.63) is 337 Å². The molecule has 138 heavy (non-hydrogen) atoms. The molecule has 46 heteroatoms. The molecule has 0 aliphatic carbocycles. The van der Waals surface area contributed by atoms with Gasteiger partial charge in [0.1, 0.15) is 126 Å². The molecule has 6 aromatic heterocycles. The van der Waals surface area contributed by atoms with Crippen LogP contribution >= 0.6 is 85.5 Å². The number of benzene rings is 8. The zero-order valence-electron chi connectivity index (χ0n) is 72.2. The lowest BCUT2D eigenvalue weighted by molar-refractivity contribution is -0.322. The first-order valence-electron chi connectivity index (χ1n) is 42.0. The number of ether oxygens (including phenoxy) is 9. The highest BCUT2D eigenvalue weighted by Crippen LogP contribution is 2.50. The summed E-state index contributed by atoms with van der Waals surface area (Å²) in [4.78, 5) is 13.8. The van der Waals surface area contributed by atoms with E-state index < -0.39 is 163 Å². The molecule has 30 nitrogen and oxygen atoms in total. The van der Waals surface area contributed by atoms with Crippen molar-refractivity contribution in [2.45, 2.75) is 125 Å². The molecular formula is C92H78BrCl6F9N18O12. The third kappa shape index (κ3) is 21.3. The Hall–Kier alpha value is -11.1. The number of allylic oxidation sites excluding steroid dienone is 1. The summed E-state index contributed by atoms with van der Waals surface area (Å²) in [5.74, 6) is -11.1. The lowest BCUT2D eigenvalue weighted by atomic mass is 9.90. The molecule has 0 saturated carbocycles. The summed E-state index contributed by atoms with van der Waals surface area (Å²) in [5.41, 5.74) is 2.78. The molecule has 14 aromatic rings. The Kier molecular flexibility index (Phi) is 31.7. The fourth-order valence-electron chi connectivity index (χ4n) is 16.2. The zero-order chi connectivity index (χ0) is 97.8. The molecule has 720 valence electrons. The lowest BCUT2D eigenvalue weighted by Gasteiger charge is -2.49. The summed E-state index contributed by atoms with van der Waals surface area (Å²) in [5, 5.41) is 74.8. The third-order valence-electron chi connectivity index (χ3n) is 22.3. The predicted octanol–water partition coefficient (Wildman–Crippen LogP) is 18.4. The van der Waals surface area contributed by atoms with E-state index >= 15 is 0 Å². The van der Waals surface area contributed by atoms with Crippen LogP contribution in [0.3, 0.4) is 0 Å². The van der Waals surface area contributed by atoms with Gasteiger partial charge in [-0.1, -0.05) is 180 Å². The summed E-state index contributed by atoms with van der Waals surface area (Å²) in [6, 6.07) is 35.3. The molecule has 5 aliphatic rings. The van der Waals surface area contributed by atoms with Crippen LogP contribution in [0.25, 0.3) is 50.8 Å². The minimum absolute atomic E-state index is 0.00854. The largest absolute Gasteiger partial charge is 0.394 e. The third-order valence-corrected chi connectivity index (χ3v) is 24.5. The number of aliphatic hydroxyl groups excluding tert-OH is 3. The second-order valence-corrected chi connectivity index (χ2v) is 34.7. The van der Waals surface area contributed by atoms with Gasteiger partial charge in [0.15, 0.2) is 82.4 Å². The Morgan fingerprint density at radius 1 is 0.428 bits per heavy atom. The maximum absolute atomic E-state index is 14.2. The molecule has 5 saturated heterocycles. The van der Waals surface area contributed by atoms with E-state index in [4.69, 9.17) is 117 Å². The molecule has 5 aliphatic heterocycles. The molecule has 0 bridgehead atoms. The molecule has 17 atom stereocenters. The zero-order valence-corrected chi connectivity index (χ0v) is 78.3. The Morgan fingerprint density at radius 2 is 0.761 bits per heavy atom. The van der Waals surface area contributed by atoms with Crippen molar-refractivity contribution in [3.63, 3.8) is 0 Å². The first kappa shape index (κ1) is 99.9. The molecule has 19 rings (SSSR count). The molecule has 3 N–H and O–H groups in total. The monoisotopic (exact) mass is 2090 g/mol. The standard InChI is InChI=1S/C33H27Cl2F3N6O4.C30H23Cl2F3N6O4.C26H23Cl2F3N6O4.C3H5Br/c1-3-11-45-30-28(43-15-24(40-42-43)19-12-22(36)27(38)23(37)13-19)29-26(16-46-33(48-29)18-7-5-4-6-8-18)47-31(30)32-39-17(2)41-44(32)25-14-20(34)9-10-21(25)35;1-14-36-29(41(38-14)22-11-17(31)7-8-18(22)32)28-26(42)25(27-23(44-28)13-43-30(45-27)15-5-3-2-4-6-15)40-12-21(37-39-40)16-9-19(33)24(35)20(34)10-16;1-3-6-40-24-22(36-10-18(33-35-36)13-7-16(29)21(31)17(30)8-13)23(39)20(11-38)41-25(24)26-32-12(2)34-37(26)19-9-14(27)4-5-15(19)28;1-2-3-4/h3-10,12-15,26,28-31,33H,1,11,16H2,2H3;2-12,23,25-28,30,42H,13H2,1H3;3-5,7-10,20,22-25,38-39H,1,6,11H2,2H3;2H,1,3H2. The molecule has 0 spiro atoms. The van der Waals surface area contributed by atoms with Crippen molar-refractivity contribution >= 4 is 85.5 Å². The molecule has 11 heterocycles. The number of fused-ring (bicyclic) bond motifs is 2. The van der Waals surface area contributed by atoms with Gasteiger partial charge in [-0.25, -0.2) is 82.6 Å². The summed E-state index contributed by atoms with van der Waals surface area (Å²) in [6.07, 6.45) is -4.43. The van der Waals surface area contributed by atoms with Gasteiger partial charge in [0.25, 0.3) is 0 Å². The SMILES string of the molecule is C=CCBr.C=CCOC1C(c2nc(C)nn2-c2cc(Cl)ccc2Cl)OC(CO)C(O)C1n1cc(-c2cc(F)c(F)c(F)c2)nn1.C=CCOC1C(c2nc(C)nn2-c2cc(Cl)ccc2Cl)OC2COC(c3ccccc3)OC2C1n1cc(-c2cc(F)c(F)c(F)c2)nn1.Cc1nc(C2OC3COC(c4ccccc4)OC3C(n3cc(-c4cc(F)c(F)c(F)c4)nn3)C2O)n(-c2cc(Cl)ccc2Cl)n1. The number of rotatable bonds is 22. The van der Waals surface area contributed by atoms with E-state index in [2.05, 4.69) is 91.9 Å². The van der Waals surface area contributed by atoms with Gasteiger partial charge in [0.05, 0.1) is 83.8 Å². The summed E-state index contributed by atoms with van der Waals surface area (Å²) >= 11 is 41.5. The number of aromatic nitrogens is 18. The number of alkyl halides is 1. The van der Waals surface area contributed by atoms with Crippen LogP contribution < -0.4 is 0 Å². The highest BCUT2D eigenvalue weighted by atomic mass is 79.9. The summed E-state index contributed by atoms with van der Waals surface area (Å²) in [6.45, 7) is 15.7. The van der Waals surface area contributed by atoms with Crippen LogP contribution in [0.1, 0.15) is 95.1 Å². The number of aliphatic hydroxyl groups is 3. The number of aryl methyl sites for hydroxylation is 3. The van der Waals surface area contributed by atoms with Gasteiger partial charge in [-0.15, -0.1) is 35.0 Å². The number of hydrogen-bond acceptors (Lipinski definition) is 24. The second-order valence-electron chi connectivity index (χ2n) is 31.5. The molecule has 8 aromatic carbocycles. The lowest BCUT2D eigenvalue weighted by Crippen LogP contribution is -2.57. The topological polar surface area (TPSA) is 328 Å². The van der Waals surface area contributed by atoms with Crippen molar-refractivity contribution in [1.82, 2.24) is 89.3 Å². The van der Waals surface area contributed by atoms with Crippen molar-refractivity contribution in [2.24, 2.45) is 0 Å². The van der Waals surface area contributed by atoms with Crippen LogP contribution in [-0.4, -0.2) is 198 Å². The Labute approximate surface area is 817 Å². The predicted molar refractivity (Wildman–Crippen MR) is 487 cm³/mol. The number of nitrogens with zero attached hydrogens (tertiary/aromatic N) is 18. The molecular weight excluding hydrogens is 2010 g/mol. The highest BCUT2D eigenvalue weighted by molar-refractivity contribution is 9.09. The Balaban J connectivity index is 0.000000147. The normalized spacial score (nSPS) is 23.4. The number of hydrogen-bond donors (Lipinski definition) is 3. The van der Waals surface area contributed by atoms with Crippen molar-refractivity contribution in [3.8, 4) is 50.8 Å². The molecule has 5 fully saturated rings. The molecule has 0 amide bonds. The van der Waals surface area contributed by atoms with Gasteiger partial charge in [-0.05, 0) is 112 Å². The van der Waals surface area contributed by atoms with Crippen LogP contribution in [-0.2, 0) is 42.6 Å². The average Bonchev–Trinajstić information content (AvgIpc) is 1.46. The molecule has 17 unspecified atom stereocenters. The first-order valence-corrected chi connectivity index (χ1v) is 45.4. The fourth-order valence-corrected chi connectivity index (χ4v) is 17.3. The van der Waals surface area contributed by atoms with Crippen LogP contribution in [0.4, 0.5) is 39.5 Å². The van der Waals surface area contributed by atoms with E-state index in [0.29, 0.717) is 70.5 Å². The van der Waals surface area contributed by atoms with Gasteiger partial charge in [0, 0.05) is 48.2 Å².